The first kappa shape index (κ1) is 14.6. The van der Waals surface area contributed by atoms with Crippen molar-refractivity contribution in [1.82, 2.24) is 4.72 Å². The Morgan fingerprint density at radius 3 is 2.76 bits per heavy atom. The maximum absolute atomic E-state index is 12.5. The van der Waals surface area contributed by atoms with Crippen LogP contribution in [0.4, 0.5) is 5.69 Å². The van der Waals surface area contributed by atoms with E-state index in [-0.39, 0.29) is 10.9 Å². The molecular weight excluding hydrogens is 352 g/mol. The third-order valence-corrected chi connectivity index (χ3v) is 5.61. The van der Waals surface area contributed by atoms with Crippen molar-refractivity contribution in [1.29, 1.82) is 0 Å². The van der Waals surface area contributed by atoms with Gasteiger partial charge in [-0.05, 0) is 54.3 Å². The number of nitrogens with two attached hydrogens (primary N) is 1. The van der Waals surface area contributed by atoms with Crippen LogP contribution >= 0.6 is 15.9 Å². The maximum Gasteiger partial charge on any atom is 0.241 e. The summed E-state index contributed by atoms with van der Waals surface area (Å²) < 4.78 is 28.4. The molecule has 0 saturated carbocycles. The predicted molar refractivity (Wildman–Crippen MR) is 86.4 cm³/mol. The van der Waals surface area contributed by atoms with E-state index in [9.17, 15) is 8.42 Å². The zero-order valence-electron chi connectivity index (χ0n) is 11.2. The molecule has 1 unspecified atom stereocenters. The number of anilines is 1. The number of halogens is 1. The van der Waals surface area contributed by atoms with Crippen molar-refractivity contribution in [2.24, 2.45) is 0 Å². The van der Waals surface area contributed by atoms with Crippen molar-refractivity contribution in [3.05, 3.63) is 58.1 Å². The van der Waals surface area contributed by atoms with Crippen LogP contribution in [0.5, 0.6) is 0 Å². The van der Waals surface area contributed by atoms with Gasteiger partial charge in [0.05, 0.1) is 4.90 Å². The first-order valence-electron chi connectivity index (χ1n) is 6.62. The third-order valence-electron chi connectivity index (χ3n) is 3.65. The predicted octanol–water partition coefficient (Wildman–Crippen LogP) is 3.00. The van der Waals surface area contributed by atoms with Crippen LogP contribution in [0.25, 0.3) is 0 Å². The zero-order chi connectivity index (χ0) is 15.0. The van der Waals surface area contributed by atoms with Crippen molar-refractivity contribution < 1.29 is 8.42 Å². The van der Waals surface area contributed by atoms with Gasteiger partial charge in [0, 0.05) is 16.2 Å². The van der Waals surface area contributed by atoms with Gasteiger partial charge >= 0.3 is 0 Å². The lowest BCUT2D eigenvalue weighted by Crippen LogP contribution is -2.27. The number of fused-ring (bicyclic) bond motifs is 1. The average Bonchev–Trinajstić information content (AvgIpc) is 2.80. The quantitative estimate of drug-likeness (QED) is 0.820. The van der Waals surface area contributed by atoms with Gasteiger partial charge in [-0.25, -0.2) is 13.1 Å². The van der Waals surface area contributed by atoms with Gasteiger partial charge in [-0.15, -0.1) is 0 Å². The second kappa shape index (κ2) is 5.44. The molecule has 3 N–H and O–H groups in total. The van der Waals surface area contributed by atoms with E-state index in [1.54, 1.807) is 24.3 Å². The third kappa shape index (κ3) is 2.97. The Morgan fingerprint density at radius 2 is 2.00 bits per heavy atom. The molecule has 2 aromatic rings. The highest BCUT2D eigenvalue weighted by Gasteiger charge is 2.27. The van der Waals surface area contributed by atoms with Gasteiger partial charge < -0.3 is 5.73 Å². The normalized spacial score (nSPS) is 17.7. The standard InChI is InChI=1S/C15H15BrN2O2S/c16-11-2-1-3-13(9-11)21(19,20)18-15-7-4-10-8-12(17)5-6-14(10)15/h1-3,5-6,8-9,15,18H,4,7,17H2. The second-order valence-corrected chi connectivity index (χ2v) is 7.76. The van der Waals surface area contributed by atoms with E-state index in [2.05, 4.69) is 20.7 Å². The van der Waals surface area contributed by atoms with E-state index in [0.717, 1.165) is 28.4 Å². The molecule has 4 nitrogen and oxygen atoms in total. The summed E-state index contributed by atoms with van der Waals surface area (Å²) in [7, 11) is -3.53. The summed E-state index contributed by atoms with van der Waals surface area (Å²) in [5.74, 6) is 0. The number of nitrogens with one attached hydrogen (secondary N) is 1. The van der Waals surface area contributed by atoms with Crippen LogP contribution in [0.1, 0.15) is 23.6 Å². The Bertz CT molecular complexity index is 790. The fourth-order valence-electron chi connectivity index (χ4n) is 2.65. The molecule has 2 aromatic carbocycles. The number of sulfonamides is 1. The van der Waals surface area contributed by atoms with Gasteiger partial charge in [-0.1, -0.05) is 28.1 Å². The fourth-order valence-corrected chi connectivity index (χ4v) is 4.50. The summed E-state index contributed by atoms with van der Waals surface area (Å²) in [6.07, 6.45) is 1.60. The first-order valence-corrected chi connectivity index (χ1v) is 8.89. The van der Waals surface area contributed by atoms with Crippen LogP contribution in [-0.4, -0.2) is 8.42 Å². The van der Waals surface area contributed by atoms with E-state index >= 15 is 0 Å². The summed E-state index contributed by atoms with van der Waals surface area (Å²) in [6, 6.07) is 12.1. The highest BCUT2D eigenvalue weighted by atomic mass is 79.9. The number of hydrogen-bond acceptors (Lipinski definition) is 3. The summed E-state index contributed by atoms with van der Waals surface area (Å²) in [5.41, 5.74) is 8.62. The molecule has 3 rings (SSSR count). The average molecular weight is 367 g/mol. The van der Waals surface area contributed by atoms with Gasteiger partial charge in [0.2, 0.25) is 10.0 Å². The van der Waals surface area contributed by atoms with E-state index < -0.39 is 10.0 Å². The smallest absolute Gasteiger partial charge is 0.241 e. The molecule has 0 heterocycles. The van der Waals surface area contributed by atoms with Gasteiger partial charge in [-0.2, -0.15) is 0 Å². The zero-order valence-corrected chi connectivity index (χ0v) is 13.6. The SMILES string of the molecule is Nc1ccc2c(c1)CCC2NS(=O)(=O)c1cccc(Br)c1. The lowest BCUT2D eigenvalue weighted by Gasteiger charge is -2.15. The molecule has 1 aliphatic rings. The molecule has 110 valence electrons. The monoisotopic (exact) mass is 366 g/mol. The van der Waals surface area contributed by atoms with Crippen LogP contribution in [0, 0.1) is 0 Å². The molecule has 0 bridgehead atoms. The number of benzene rings is 2. The minimum atomic E-state index is -3.53. The molecule has 0 radical (unpaired) electrons. The number of hydrogen-bond donors (Lipinski definition) is 2. The van der Waals surface area contributed by atoms with Gasteiger partial charge in [0.15, 0.2) is 0 Å². The van der Waals surface area contributed by atoms with Crippen molar-refractivity contribution in [3.63, 3.8) is 0 Å². The Balaban J connectivity index is 1.88. The number of nitrogen functional groups attached to an aromatic ring is 1. The molecule has 0 saturated heterocycles. The summed E-state index contributed by atoms with van der Waals surface area (Å²) in [5, 5.41) is 0. The van der Waals surface area contributed by atoms with Crippen LogP contribution in [0.3, 0.4) is 0 Å². The van der Waals surface area contributed by atoms with Crippen molar-refractivity contribution in [3.8, 4) is 0 Å². The highest BCUT2D eigenvalue weighted by Crippen LogP contribution is 2.33. The van der Waals surface area contributed by atoms with Crippen LogP contribution in [-0.2, 0) is 16.4 Å². The minimum absolute atomic E-state index is 0.190. The largest absolute Gasteiger partial charge is 0.399 e. The Labute approximate surface area is 132 Å². The molecule has 21 heavy (non-hydrogen) atoms. The van der Waals surface area contributed by atoms with Gasteiger partial charge in [0.1, 0.15) is 0 Å². The first-order chi connectivity index (χ1) is 9.95. The van der Waals surface area contributed by atoms with Crippen molar-refractivity contribution in [2.45, 2.75) is 23.8 Å². The van der Waals surface area contributed by atoms with Crippen molar-refractivity contribution in [2.75, 3.05) is 5.73 Å². The molecule has 1 atom stereocenters. The molecule has 6 heteroatoms. The van der Waals surface area contributed by atoms with Crippen LogP contribution in [0.15, 0.2) is 51.8 Å². The second-order valence-electron chi connectivity index (χ2n) is 5.13. The molecular formula is C15H15BrN2O2S. The van der Waals surface area contributed by atoms with Gasteiger partial charge in [-0.3, -0.25) is 0 Å². The highest BCUT2D eigenvalue weighted by molar-refractivity contribution is 9.10. The lowest BCUT2D eigenvalue weighted by atomic mass is 10.1. The minimum Gasteiger partial charge on any atom is -0.399 e. The Hall–Kier alpha value is -1.37. The topological polar surface area (TPSA) is 72.2 Å². The number of aryl methyl sites for hydroxylation is 1. The summed E-state index contributed by atoms with van der Waals surface area (Å²) in [4.78, 5) is 0.265. The fraction of sp³-hybridized carbons (Fsp3) is 0.200. The van der Waals surface area contributed by atoms with E-state index in [4.69, 9.17) is 5.73 Å². The molecule has 0 fully saturated rings. The molecule has 0 aromatic heterocycles. The maximum atomic E-state index is 12.5. The van der Waals surface area contributed by atoms with Crippen LogP contribution < -0.4 is 10.5 Å². The summed E-state index contributed by atoms with van der Waals surface area (Å²) >= 11 is 3.29. The Kier molecular flexibility index (Phi) is 3.77. The molecule has 0 amide bonds. The van der Waals surface area contributed by atoms with E-state index in [1.807, 2.05) is 18.2 Å². The van der Waals surface area contributed by atoms with E-state index in [0.29, 0.717) is 5.69 Å². The van der Waals surface area contributed by atoms with Gasteiger partial charge in [0.25, 0.3) is 0 Å². The number of rotatable bonds is 3. The Morgan fingerprint density at radius 1 is 1.19 bits per heavy atom. The summed E-state index contributed by atoms with van der Waals surface area (Å²) in [6.45, 7) is 0. The van der Waals surface area contributed by atoms with Crippen molar-refractivity contribution >= 4 is 31.6 Å². The van der Waals surface area contributed by atoms with Crippen LogP contribution in [0.2, 0.25) is 0 Å². The molecule has 0 aliphatic heterocycles. The lowest BCUT2D eigenvalue weighted by molar-refractivity contribution is 0.554. The molecule has 1 aliphatic carbocycles. The van der Waals surface area contributed by atoms with E-state index in [1.165, 1.54) is 0 Å². The molecule has 0 spiro atoms.